The molecule has 2 aliphatic rings. The molecular formula is C14H23BN2O3. The minimum atomic E-state index is -0.430. The molecule has 2 fully saturated rings. The Bertz CT molecular complexity index is 465. The van der Waals surface area contributed by atoms with Crippen LogP contribution in [0.3, 0.4) is 0 Å². The molecule has 2 saturated heterocycles. The van der Waals surface area contributed by atoms with Crippen LogP contribution in [0, 0.1) is 0 Å². The zero-order valence-electron chi connectivity index (χ0n) is 12.8. The van der Waals surface area contributed by atoms with E-state index in [-0.39, 0.29) is 17.4 Å². The van der Waals surface area contributed by atoms with E-state index in [0.717, 1.165) is 25.2 Å². The normalized spacial score (nSPS) is 28.8. The molecule has 0 saturated carbocycles. The van der Waals surface area contributed by atoms with Crippen LogP contribution in [0.5, 0.6) is 0 Å². The van der Waals surface area contributed by atoms with Gasteiger partial charge in [-0.05, 0) is 47.0 Å². The van der Waals surface area contributed by atoms with Crippen molar-refractivity contribution in [3.05, 3.63) is 12.4 Å². The molecule has 0 N–H and O–H groups in total. The SMILES string of the molecule is CC1(C)OB(c2nccn2C2CCCCO2)OC1(C)C. The first-order valence-electron chi connectivity index (χ1n) is 7.41. The summed E-state index contributed by atoms with van der Waals surface area (Å²) in [7, 11) is -0.430. The van der Waals surface area contributed by atoms with Crippen molar-refractivity contribution in [3.63, 3.8) is 0 Å². The molecule has 1 aromatic rings. The van der Waals surface area contributed by atoms with Crippen LogP contribution in [-0.2, 0) is 14.0 Å². The molecule has 0 radical (unpaired) electrons. The molecule has 2 aliphatic heterocycles. The molecule has 20 heavy (non-hydrogen) atoms. The van der Waals surface area contributed by atoms with E-state index in [1.165, 1.54) is 6.42 Å². The fourth-order valence-corrected chi connectivity index (χ4v) is 2.64. The number of imidazole rings is 1. The lowest BCUT2D eigenvalue weighted by Crippen LogP contribution is -2.43. The molecule has 110 valence electrons. The van der Waals surface area contributed by atoms with Gasteiger partial charge in [-0.15, -0.1) is 0 Å². The monoisotopic (exact) mass is 278 g/mol. The van der Waals surface area contributed by atoms with Crippen molar-refractivity contribution in [2.24, 2.45) is 0 Å². The largest absolute Gasteiger partial charge is 0.532 e. The fourth-order valence-electron chi connectivity index (χ4n) is 2.64. The molecule has 0 spiro atoms. The molecule has 1 aromatic heterocycles. The minimum absolute atomic E-state index is 0.0558. The summed E-state index contributed by atoms with van der Waals surface area (Å²) < 4.78 is 20.1. The van der Waals surface area contributed by atoms with Gasteiger partial charge in [-0.2, -0.15) is 0 Å². The highest BCUT2D eigenvalue weighted by atomic mass is 16.7. The highest BCUT2D eigenvalue weighted by Crippen LogP contribution is 2.36. The van der Waals surface area contributed by atoms with E-state index in [4.69, 9.17) is 14.0 Å². The Hall–Kier alpha value is -0.845. The third-order valence-electron chi connectivity index (χ3n) is 4.63. The Morgan fingerprint density at radius 3 is 2.50 bits per heavy atom. The maximum Gasteiger partial charge on any atom is 0.532 e. The van der Waals surface area contributed by atoms with Gasteiger partial charge in [0, 0.05) is 19.0 Å². The summed E-state index contributed by atoms with van der Waals surface area (Å²) in [4.78, 5) is 4.44. The molecule has 0 bridgehead atoms. The second-order valence-electron chi connectivity index (χ2n) is 6.60. The Labute approximate surface area is 120 Å². The first-order chi connectivity index (χ1) is 9.41. The van der Waals surface area contributed by atoms with Crippen LogP contribution in [0.25, 0.3) is 0 Å². The van der Waals surface area contributed by atoms with Gasteiger partial charge in [0.15, 0.2) is 0 Å². The van der Waals surface area contributed by atoms with Crippen molar-refractivity contribution >= 4 is 12.8 Å². The van der Waals surface area contributed by atoms with E-state index >= 15 is 0 Å². The number of ether oxygens (including phenoxy) is 1. The van der Waals surface area contributed by atoms with Gasteiger partial charge in [0.05, 0.1) is 11.2 Å². The molecule has 6 heteroatoms. The molecule has 0 aliphatic carbocycles. The Kier molecular flexibility index (Phi) is 3.43. The molecule has 3 heterocycles. The summed E-state index contributed by atoms with van der Waals surface area (Å²) >= 11 is 0. The van der Waals surface area contributed by atoms with Crippen LogP contribution in [0.1, 0.15) is 53.2 Å². The van der Waals surface area contributed by atoms with Crippen LogP contribution in [-0.4, -0.2) is 34.5 Å². The standard InChI is InChI=1S/C14H23BN2O3/c1-13(2)14(3,4)20-15(19-13)12-16-8-9-17(12)11-7-5-6-10-18-11/h8-9,11H,5-7,10H2,1-4H3. The van der Waals surface area contributed by atoms with Crippen molar-refractivity contribution in [3.8, 4) is 0 Å². The topological polar surface area (TPSA) is 45.5 Å². The second kappa shape index (κ2) is 4.86. The second-order valence-corrected chi connectivity index (χ2v) is 6.60. The summed E-state index contributed by atoms with van der Waals surface area (Å²) in [6.07, 6.45) is 7.14. The number of nitrogens with zero attached hydrogens (tertiary/aromatic N) is 2. The summed E-state index contributed by atoms with van der Waals surface area (Å²) in [6, 6.07) is 0. The summed E-state index contributed by atoms with van der Waals surface area (Å²) in [5.41, 5.74) is 0.111. The maximum absolute atomic E-state index is 6.08. The lowest BCUT2D eigenvalue weighted by Gasteiger charge is -2.32. The van der Waals surface area contributed by atoms with Crippen LogP contribution in [0.4, 0.5) is 0 Å². The van der Waals surface area contributed by atoms with Crippen LogP contribution in [0.2, 0.25) is 0 Å². The van der Waals surface area contributed by atoms with Crippen molar-refractivity contribution < 1.29 is 14.0 Å². The third kappa shape index (κ3) is 2.30. The van der Waals surface area contributed by atoms with Gasteiger partial charge in [-0.1, -0.05) is 0 Å². The quantitative estimate of drug-likeness (QED) is 0.775. The van der Waals surface area contributed by atoms with Gasteiger partial charge in [0.2, 0.25) is 0 Å². The average molecular weight is 278 g/mol. The first kappa shape index (κ1) is 14.1. The Morgan fingerprint density at radius 1 is 1.20 bits per heavy atom. The molecule has 0 aromatic carbocycles. The number of aromatic nitrogens is 2. The molecule has 0 amide bonds. The highest BCUT2D eigenvalue weighted by Gasteiger charge is 2.53. The fraction of sp³-hybridized carbons (Fsp3) is 0.786. The first-order valence-corrected chi connectivity index (χ1v) is 7.41. The maximum atomic E-state index is 6.08. The average Bonchev–Trinajstić information content (AvgIpc) is 2.94. The zero-order chi connectivity index (χ0) is 14.4. The van der Waals surface area contributed by atoms with Gasteiger partial charge < -0.3 is 18.6 Å². The van der Waals surface area contributed by atoms with E-state index in [0.29, 0.717) is 0 Å². The van der Waals surface area contributed by atoms with Crippen LogP contribution >= 0.6 is 0 Å². The lowest BCUT2D eigenvalue weighted by atomic mass is 9.88. The third-order valence-corrected chi connectivity index (χ3v) is 4.63. The summed E-state index contributed by atoms with van der Waals surface area (Å²) in [6.45, 7) is 9.02. The number of rotatable bonds is 2. The van der Waals surface area contributed by atoms with Gasteiger partial charge in [0.1, 0.15) is 12.0 Å². The van der Waals surface area contributed by atoms with E-state index in [2.05, 4.69) is 37.2 Å². The van der Waals surface area contributed by atoms with Gasteiger partial charge in [-0.25, -0.2) is 4.98 Å². The van der Waals surface area contributed by atoms with Gasteiger partial charge in [-0.3, -0.25) is 0 Å². The van der Waals surface area contributed by atoms with Crippen molar-refractivity contribution in [2.75, 3.05) is 6.61 Å². The smallest absolute Gasteiger partial charge is 0.397 e. The van der Waals surface area contributed by atoms with Gasteiger partial charge in [0.25, 0.3) is 0 Å². The predicted molar refractivity (Wildman–Crippen MR) is 76.8 cm³/mol. The molecule has 1 atom stereocenters. The predicted octanol–water partition coefficient (Wildman–Crippen LogP) is 1.88. The number of hydrogen-bond acceptors (Lipinski definition) is 4. The molecule has 1 unspecified atom stereocenters. The number of hydrogen-bond donors (Lipinski definition) is 0. The molecule has 3 rings (SSSR count). The van der Waals surface area contributed by atoms with E-state index in [1.54, 1.807) is 6.20 Å². The van der Waals surface area contributed by atoms with Crippen molar-refractivity contribution in [1.82, 2.24) is 9.55 Å². The van der Waals surface area contributed by atoms with Crippen molar-refractivity contribution in [2.45, 2.75) is 64.4 Å². The molecular weight excluding hydrogens is 255 g/mol. The van der Waals surface area contributed by atoms with E-state index in [1.807, 2.05) is 6.20 Å². The summed E-state index contributed by atoms with van der Waals surface area (Å²) in [5.74, 6) is 0. The zero-order valence-corrected chi connectivity index (χ0v) is 12.8. The summed E-state index contributed by atoms with van der Waals surface area (Å²) in [5, 5.41) is 0. The van der Waals surface area contributed by atoms with Crippen molar-refractivity contribution in [1.29, 1.82) is 0 Å². The van der Waals surface area contributed by atoms with Crippen LogP contribution < -0.4 is 5.72 Å². The van der Waals surface area contributed by atoms with E-state index < -0.39 is 7.12 Å². The van der Waals surface area contributed by atoms with Crippen LogP contribution in [0.15, 0.2) is 12.4 Å². The Balaban J connectivity index is 1.84. The van der Waals surface area contributed by atoms with Gasteiger partial charge >= 0.3 is 7.12 Å². The van der Waals surface area contributed by atoms with E-state index in [9.17, 15) is 0 Å². The lowest BCUT2D eigenvalue weighted by molar-refractivity contribution is -0.0305. The minimum Gasteiger partial charge on any atom is -0.397 e. The Morgan fingerprint density at radius 2 is 1.90 bits per heavy atom. The highest BCUT2D eigenvalue weighted by molar-refractivity contribution is 6.60. The molecule has 5 nitrogen and oxygen atoms in total.